The summed E-state index contributed by atoms with van der Waals surface area (Å²) < 4.78 is 26.0. The summed E-state index contributed by atoms with van der Waals surface area (Å²) >= 11 is 0. The number of aromatic nitrogens is 2. The number of nitrogens with two attached hydrogens (primary N) is 1. The standard InChI is InChI=1S/C21H18N2O4.C11H10O3.C10H12N2O3/c1-11-5-6-12(2)18-16(11)10-17(26-18)20-22-19(23-27-20)14-7-8-15(13(3)9-14)21(24)25-4;1-6-3-4-7(2)10-8(6)5-9(14-10)11(12)13;1-6-5-7(9(11)12-14)3-4-8(6)10(13)15-2/h5-10H,1-4H3;3-5H,1-2H3,(H,12,13);3-5,14H,1-2H3,(H2,11,12). The normalized spacial score (nSPS) is 11.0. The average Bonchev–Trinajstić information content (AvgIpc) is 3.97. The molecule has 0 aliphatic carbocycles. The van der Waals surface area contributed by atoms with Crippen molar-refractivity contribution in [1.29, 1.82) is 0 Å². The first-order chi connectivity index (χ1) is 26.7. The summed E-state index contributed by atoms with van der Waals surface area (Å²) in [6.45, 7) is 11.5. The fourth-order valence-corrected chi connectivity index (χ4v) is 5.80. The smallest absolute Gasteiger partial charge is 0.371 e. The SMILES string of the molecule is COC(=O)c1ccc(-c2noc(-c3cc4c(C)ccc(C)c4o3)n2)cc1C.COC(=O)c1ccc(/C(N)=N\O)cc1C.Cc1ccc(C)c2oc(C(=O)O)cc12. The fourth-order valence-electron chi connectivity index (χ4n) is 5.80. The predicted octanol–water partition coefficient (Wildman–Crippen LogP) is 8.49. The van der Waals surface area contributed by atoms with Gasteiger partial charge in [0.15, 0.2) is 11.6 Å². The summed E-state index contributed by atoms with van der Waals surface area (Å²) in [6, 6.07) is 21.6. The molecule has 14 nitrogen and oxygen atoms in total. The maximum atomic E-state index is 11.7. The number of aryl methyl sites for hydroxylation is 6. The summed E-state index contributed by atoms with van der Waals surface area (Å²) in [5, 5.41) is 26.1. The number of hydrogen-bond acceptors (Lipinski definition) is 12. The van der Waals surface area contributed by atoms with E-state index in [1.165, 1.54) is 14.2 Å². The zero-order valence-corrected chi connectivity index (χ0v) is 32.0. The van der Waals surface area contributed by atoms with Gasteiger partial charge in [-0.25, -0.2) is 14.4 Å². The molecule has 3 heterocycles. The number of amidine groups is 1. The summed E-state index contributed by atoms with van der Waals surface area (Å²) in [4.78, 5) is 38.1. The molecule has 0 spiro atoms. The lowest BCUT2D eigenvalue weighted by Crippen LogP contribution is -2.14. The van der Waals surface area contributed by atoms with Crippen LogP contribution in [0.25, 0.3) is 45.0 Å². The molecule has 7 rings (SSSR count). The molecule has 4 N–H and O–H groups in total. The molecule has 3 aromatic heterocycles. The van der Waals surface area contributed by atoms with Gasteiger partial charge in [0.2, 0.25) is 11.6 Å². The van der Waals surface area contributed by atoms with Crippen LogP contribution in [0.5, 0.6) is 0 Å². The Hall–Kier alpha value is -7.22. The number of oxime groups is 1. The van der Waals surface area contributed by atoms with Gasteiger partial charge in [-0.05, 0) is 111 Å². The Morgan fingerprint density at radius 1 is 0.679 bits per heavy atom. The number of carbonyl (C=O) groups is 3. The molecular formula is C42H40N4O10. The highest BCUT2D eigenvalue weighted by Gasteiger charge is 2.18. The minimum absolute atomic E-state index is 0.00241. The molecule has 0 unspecified atom stereocenters. The number of ether oxygens (including phenoxy) is 2. The number of esters is 2. The van der Waals surface area contributed by atoms with Gasteiger partial charge in [0.25, 0.3) is 5.89 Å². The van der Waals surface area contributed by atoms with E-state index in [4.69, 9.17) is 34.1 Å². The Kier molecular flexibility index (Phi) is 12.0. The molecule has 0 saturated carbocycles. The van der Waals surface area contributed by atoms with Crippen molar-refractivity contribution in [1.82, 2.24) is 10.1 Å². The number of hydrogen-bond donors (Lipinski definition) is 3. The van der Waals surface area contributed by atoms with E-state index in [0.29, 0.717) is 45.3 Å². The molecule has 0 fully saturated rings. The van der Waals surface area contributed by atoms with Crippen LogP contribution in [0, 0.1) is 41.5 Å². The summed E-state index contributed by atoms with van der Waals surface area (Å²) in [5.41, 5.74) is 14.8. The van der Waals surface area contributed by atoms with Crippen LogP contribution in [-0.4, -0.2) is 58.4 Å². The monoisotopic (exact) mass is 760 g/mol. The first kappa shape index (κ1) is 40.0. The molecule has 0 amide bonds. The van der Waals surface area contributed by atoms with Gasteiger partial charge in [-0.1, -0.05) is 46.7 Å². The number of fused-ring (bicyclic) bond motifs is 2. The van der Waals surface area contributed by atoms with Crippen LogP contribution in [0.15, 0.2) is 91.3 Å². The van der Waals surface area contributed by atoms with Crippen LogP contribution in [-0.2, 0) is 9.47 Å². The van der Waals surface area contributed by atoms with E-state index in [1.807, 2.05) is 65.0 Å². The molecule has 0 aliphatic heterocycles. The molecule has 0 atom stereocenters. The molecule has 7 aromatic rings. The fraction of sp³-hybridized carbons (Fsp3) is 0.190. The average molecular weight is 761 g/mol. The molecule has 0 radical (unpaired) electrons. The topological polar surface area (TPSA) is 214 Å². The highest BCUT2D eigenvalue weighted by atomic mass is 16.5. The van der Waals surface area contributed by atoms with Gasteiger partial charge in [-0.2, -0.15) is 4.98 Å². The molecular weight excluding hydrogens is 720 g/mol. The number of carboxylic acids is 1. The van der Waals surface area contributed by atoms with Gasteiger partial charge in [0.05, 0.1) is 25.3 Å². The number of methoxy groups -OCH3 is 2. The number of benzene rings is 4. The molecule has 4 aromatic carbocycles. The highest BCUT2D eigenvalue weighted by molar-refractivity contribution is 5.99. The van der Waals surface area contributed by atoms with Crippen molar-refractivity contribution < 1.29 is 47.5 Å². The van der Waals surface area contributed by atoms with E-state index in [2.05, 4.69) is 26.1 Å². The van der Waals surface area contributed by atoms with E-state index < -0.39 is 11.9 Å². The summed E-state index contributed by atoms with van der Waals surface area (Å²) in [6.07, 6.45) is 0. The highest BCUT2D eigenvalue weighted by Crippen LogP contribution is 2.32. The Balaban J connectivity index is 0.000000176. The second kappa shape index (κ2) is 16.8. The van der Waals surface area contributed by atoms with E-state index in [9.17, 15) is 14.4 Å². The number of rotatable bonds is 6. The summed E-state index contributed by atoms with van der Waals surface area (Å²) in [7, 11) is 2.68. The zero-order chi connectivity index (χ0) is 40.8. The number of furan rings is 2. The van der Waals surface area contributed by atoms with Crippen molar-refractivity contribution in [2.45, 2.75) is 41.5 Å². The molecule has 0 bridgehead atoms. The van der Waals surface area contributed by atoms with Crippen LogP contribution in [0.3, 0.4) is 0 Å². The van der Waals surface area contributed by atoms with Crippen molar-refractivity contribution in [2.75, 3.05) is 14.2 Å². The molecule has 56 heavy (non-hydrogen) atoms. The lowest BCUT2D eigenvalue weighted by Gasteiger charge is -2.05. The Labute approximate surface area is 321 Å². The van der Waals surface area contributed by atoms with Gasteiger partial charge in [-0.15, -0.1) is 0 Å². The van der Waals surface area contributed by atoms with E-state index >= 15 is 0 Å². The lowest BCUT2D eigenvalue weighted by molar-refractivity contribution is 0.0591. The van der Waals surface area contributed by atoms with Crippen LogP contribution in [0.2, 0.25) is 0 Å². The first-order valence-corrected chi connectivity index (χ1v) is 17.1. The number of aromatic carboxylic acids is 1. The summed E-state index contributed by atoms with van der Waals surface area (Å²) in [5.74, 6) is -0.525. The van der Waals surface area contributed by atoms with Gasteiger partial charge < -0.3 is 38.9 Å². The van der Waals surface area contributed by atoms with Crippen LogP contribution in [0.1, 0.15) is 70.2 Å². The molecule has 288 valence electrons. The van der Waals surface area contributed by atoms with Crippen molar-refractivity contribution in [3.63, 3.8) is 0 Å². The van der Waals surface area contributed by atoms with Gasteiger partial charge in [0.1, 0.15) is 11.2 Å². The Morgan fingerprint density at radius 2 is 1.21 bits per heavy atom. The predicted molar refractivity (Wildman–Crippen MR) is 208 cm³/mol. The van der Waals surface area contributed by atoms with Gasteiger partial charge in [0, 0.05) is 21.9 Å². The van der Waals surface area contributed by atoms with Crippen molar-refractivity contribution in [3.05, 3.63) is 129 Å². The van der Waals surface area contributed by atoms with Crippen LogP contribution < -0.4 is 5.73 Å². The van der Waals surface area contributed by atoms with Gasteiger partial charge in [-0.3, -0.25) is 0 Å². The minimum atomic E-state index is -1.03. The maximum Gasteiger partial charge on any atom is 0.371 e. The second-order valence-corrected chi connectivity index (χ2v) is 12.9. The maximum absolute atomic E-state index is 11.7. The van der Waals surface area contributed by atoms with Crippen LogP contribution >= 0.6 is 0 Å². The van der Waals surface area contributed by atoms with E-state index in [-0.39, 0.29) is 17.6 Å². The van der Waals surface area contributed by atoms with Crippen LogP contribution in [0.4, 0.5) is 0 Å². The first-order valence-electron chi connectivity index (χ1n) is 17.1. The quantitative estimate of drug-likeness (QED) is 0.0477. The van der Waals surface area contributed by atoms with E-state index in [1.54, 1.807) is 43.3 Å². The minimum Gasteiger partial charge on any atom is -0.475 e. The number of nitrogens with zero attached hydrogens (tertiary/aromatic N) is 3. The third-order valence-corrected chi connectivity index (χ3v) is 8.97. The molecule has 14 heteroatoms. The van der Waals surface area contributed by atoms with Gasteiger partial charge >= 0.3 is 17.9 Å². The lowest BCUT2D eigenvalue weighted by atomic mass is 10.0. The Morgan fingerprint density at radius 3 is 1.71 bits per heavy atom. The largest absolute Gasteiger partial charge is 0.475 e. The third kappa shape index (κ3) is 8.44. The van der Waals surface area contributed by atoms with E-state index in [0.717, 1.165) is 49.7 Å². The zero-order valence-electron chi connectivity index (χ0n) is 32.0. The van der Waals surface area contributed by atoms with Crippen molar-refractivity contribution in [3.8, 4) is 23.0 Å². The number of carboxylic acid groups (broad SMARTS) is 1. The Bertz CT molecular complexity index is 2550. The van der Waals surface area contributed by atoms with Crippen molar-refractivity contribution in [2.24, 2.45) is 10.9 Å². The second-order valence-electron chi connectivity index (χ2n) is 12.9. The molecule has 0 saturated heterocycles. The van der Waals surface area contributed by atoms with Crippen molar-refractivity contribution >= 4 is 45.7 Å². The third-order valence-electron chi connectivity index (χ3n) is 8.97. The molecule has 0 aliphatic rings. The number of carbonyl (C=O) groups excluding carboxylic acids is 2.